The Hall–Kier alpha value is -1.54. The third kappa shape index (κ3) is 4.71. The second-order valence-corrected chi connectivity index (χ2v) is 8.43. The standard InChI is InChI=1S/C15H19NO5S2/c1-10(14(17)16-11-7-8-23(19,20)9-11)21-15(18)12-5-3-4-6-13(12)22-2/h3-6,10-11H,7-9H2,1-2H3,(H,16,17)/t10-,11+/m1/s1. The van der Waals surface area contributed by atoms with Crippen molar-refractivity contribution in [2.24, 2.45) is 0 Å². The van der Waals surface area contributed by atoms with E-state index in [9.17, 15) is 18.0 Å². The van der Waals surface area contributed by atoms with Gasteiger partial charge in [0.05, 0.1) is 17.1 Å². The van der Waals surface area contributed by atoms with E-state index in [0.29, 0.717) is 12.0 Å². The highest BCUT2D eigenvalue weighted by Gasteiger charge is 2.31. The summed E-state index contributed by atoms with van der Waals surface area (Å²) in [6, 6.07) is 6.58. The first-order chi connectivity index (χ1) is 10.8. The van der Waals surface area contributed by atoms with Gasteiger partial charge in [-0.15, -0.1) is 11.8 Å². The number of hydrogen-bond acceptors (Lipinski definition) is 6. The summed E-state index contributed by atoms with van der Waals surface area (Å²) in [5.74, 6) is -1.04. The smallest absolute Gasteiger partial charge is 0.340 e. The van der Waals surface area contributed by atoms with Crippen LogP contribution in [-0.2, 0) is 19.4 Å². The molecular weight excluding hydrogens is 338 g/mol. The van der Waals surface area contributed by atoms with Gasteiger partial charge in [-0.1, -0.05) is 12.1 Å². The fraction of sp³-hybridized carbons (Fsp3) is 0.467. The van der Waals surface area contributed by atoms with Crippen molar-refractivity contribution in [2.75, 3.05) is 17.8 Å². The lowest BCUT2D eigenvalue weighted by atomic mass is 10.2. The van der Waals surface area contributed by atoms with Crippen molar-refractivity contribution in [2.45, 2.75) is 30.4 Å². The fourth-order valence-corrected chi connectivity index (χ4v) is 4.58. The number of carbonyl (C=O) groups is 2. The first-order valence-electron chi connectivity index (χ1n) is 7.17. The largest absolute Gasteiger partial charge is 0.449 e. The number of amides is 1. The molecule has 0 bridgehead atoms. The number of ether oxygens (including phenoxy) is 1. The van der Waals surface area contributed by atoms with Crippen LogP contribution in [0.4, 0.5) is 0 Å². The molecule has 1 fully saturated rings. The van der Waals surface area contributed by atoms with Crippen molar-refractivity contribution in [1.82, 2.24) is 5.32 Å². The number of benzene rings is 1. The van der Waals surface area contributed by atoms with E-state index in [-0.39, 0.29) is 11.5 Å². The maximum Gasteiger partial charge on any atom is 0.340 e. The highest BCUT2D eigenvalue weighted by Crippen LogP contribution is 2.21. The molecule has 2 atom stereocenters. The molecule has 1 aliphatic heterocycles. The lowest BCUT2D eigenvalue weighted by Crippen LogP contribution is -2.42. The van der Waals surface area contributed by atoms with Crippen LogP contribution < -0.4 is 5.32 Å². The highest BCUT2D eigenvalue weighted by molar-refractivity contribution is 7.98. The molecule has 0 radical (unpaired) electrons. The monoisotopic (exact) mass is 357 g/mol. The van der Waals surface area contributed by atoms with Gasteiger partial charge in [0.1, 0.15) is 0 Å². The first kappa shape index (κ1) is 17.8. The number of sulfone groups is 1. The molecule has 0 aromatic heterocycles. The first-order valence-corrected chi connectivity index (χ1v) is 10.2. The van der Waals surface area contributed by atoms with Crippen LogP contribution >= 0.6 is 11.8 Å². The van der Waals surface area contributed by atoms with Gasteiger partial charge in [-0.3, -0.25) is 4.79 Å². The summed E-state index contributed by atoms with van der Waals surface area (Å²) in [5, 5.41) is 2.62. The SMILES string of the molecule is CSc1ccccc1C(=O)O[C@H](C)C(=O)N[C@H]1CCS(=O)(=O)C1. The average molecular weight is 357 g/mol. The van der Waals surface area contributed by atoms with E-state index in [4.69, 9.17) is 4.74 Å². The lowest BCUT2D eigenvalue weighted by molar-refractivity contribution is -0.129. The Labute approximate surface area is 139 Å². The predicted molar refractivity (Wildman–Crippen MR) is 88.3 cm³/mol. The minimum Gasteiger partial charge on any atom is -0.449 e. The molecule has 23 heavy (non-hydrogen) atoms. The zero-order valence-corrected chi connectivity index (χ0v) is 14.6. The second-order valence-electron chi connectivity index (χ2n) is 5.36. The summed E-state index contributed by atoms with van der Waals surface area (Å²) < 4.78 is 28.0. The number of esters is 1. The molecule has 8 heteroatoms. The van der Waals surface area contributed by atoms with E-state index in [2.05, 4.69) is 5.32 Å². The molecule has 1 N–H and O–H groups in total. The van der Waals surface area contributed by atoms with Crippen molar-refractivity contribution in [1.29, 1.82) is 0 Å². The van der Waals surface area contributed by atoms with Crippen molar-refractivity contribution in [3.05, 3.63) is 29.8 Å². The third-order valence-electron chi connectivity index (χ3n) is 3.56. The number of hydrogen-bond donors (Lipinski definition) is 1. The van der Waals surface area contributed by atoms with Crippen LogP contribution in [-0.4, -0.2) is 50.2 Å². The molecule has 1 aromatic rings. The van der Waals surface area contributed by atoms with Crippen LogP contribution in [0.3, 0.4) is 0 Å². The minimum atomic E-state index is -3.07. The summed E-state index contributed by atoms with van der Waals surface area (Å²) in [4.78, 5) is 25.0. The number of nitrogens with one attached hydrogen (secondary N) is 1. The Morgan fingerprint density at radius 1 is 1.35 bits per heavy atom. The van der Waals surface area contributed by atoms with Gasteiger partial charge in [-0.05, 0) is 31.7 Å². The molecule has 1 aliphatic rings. The molecule has 0 unspecified atom stereocenters. The number of rotatable bonds is 5. The maximum atomic E-state index is 12.2. The van der Waals surface area contributed by atoms with Gasteiger partial charge in [0.15, 0.2) is 15.9 Å². The maximum absolute atomic E-state index is 12.2. The quantitative estimate of drug-likeness (QED) is 0.630. The number of thioether (sulfide) groups is 1. The van der Waals surface area contributed by atoms with Gasteiger partial charge in [0.25, 0.3) is 5.91 Å². The van der Waals surface area contributed by atoms with E-state index in [1.54, 1.807) is 18.2 Å². The Morgan fingerprint density at radius 2 is 2.04 bits per heavy atom. The Kier molecular flexibility index (Phi) is 5.69. The number of carbonyl (C=O) groups excluding carboxylic acids is 2. The zero-order chi connectivity index (χ0) is 17.0. The second kappa shape index (κ2) is 7.35. The van der Waals surface area contributed by atoms with Crippen molar-refractivity contribution in [3.8, 4) is 0 Å². The van der Waals surface area contributed by atoms with E-state index in [1.807, 2.05) is 12.3 Å². The molecule has 126 valence electrons. The van der Waals surface area contributed by atoms with Crippen molar-refractivity contribution in [3.63, 3.8) is 0 Å². The zero-order valence-electron chi connectivity index (χ0n) is 12.9. The van der Waals surface area contributed by atoms with Crippen LogP contribution in [0.1, 0.15) is 23.7 Å². The van der Waals surface area contributed by atoms with Crippen LogP contribution in [0.25, 0.3) is 0 Å². The molecule has 6 nitrogen and oxygen atoms in total. The minimum absolute atomic E-state index is 0.0608. The summed E-state index contributed by atoms with van der Waals surface area (Å²) in [6.45, 7) is 1.47. The van der Waals surface area contributed by atoms with E-state index in [1.165, 1.54) is 18.7 Å². The third-order valence-corrected chi connectivity index (χ3v) is 6.12. The van der Waals surface area contributed by atoms with Gasteiger partial charge in [0, 0.05) is 10.9 Å². The van der Waals surface area contributed by atoms with E-state index in [0.717, 1.165) is 4.90 Å². The van der Waals surface area contributed by atoms with E-state index < -0.39 is 33.9 Å². The normalized spacial score (nSPS) is 20.7. The van der Waals surface area contributed by atoms with Crippen LogP contribution in [0.2, 0.25) is 0 Å². The van der Waals surface area contributed by atoms with Crippen LogP contribution in [0, 0.1) is 0 Å². The Bertz CT molecular complexity index is 702. The molecule has 0 aliphatic carbocycles. The molecule has 0 spiro atoms. The van der Waals surface area contributed by atoms with Crippen LogP contribution in [0.5, 0.6) is 0 Å². The summed E-state index contributed by atoms with van der Waals surface area (Å²) in [7, 11) is -3.07. The Balaban J connectivity index is 1.94. The highest BCUT2D eigenvalue weighted by atomic mass is 32.2. The topological polar surface area (TPSA) is 89.5 Å². The summed E-state index contributed by atoms with van der Waals surface area (Å²) in [5.41, 5.74) is 0.406. The fourth-order valence-electron chi connectivity index (χ4n) is 2.32. The molecule has 2 rings (SSSR count). The van der Waals surface area contributed by atoms with Gasteiger partial charge in [-0.2, -0.15) is 0 Å². The van der Waals surface area contributed by atoms with Crippen LogP contribution in [0.15, 0.2) is 29.2 Å². The van der Waals surface area contributed by atoms with Gasteiger partial charge in [0.2, 0.25) is 0 Å². The molecule has 1 saturated heterocycles. The lowest BCUT2D eigenvalue weighted by Gasteiger charge is -2.17. The molecule has 1 aromatic carbocycles. The molecule has 1 amide bonds. The molecular formula is C15H19NO5S2. The van der Waals surface area contributed by atoms with Gasteiger partial charge >= 0.3 is 5.97 Å². The summed E-state index contributed by atoms with van der Waals surface area (Å²) >= 11 is 1.42. The molecule has 0 saturated carbocycles. The van der Waals surface area contributed by atoms with E-state index >= 15 is 0 Å². The van der Waals surface area contributed by atoms with Crippen molar-refractivity contribution < 1.29 is 22.7 Å². The van der Waals surface area contributed by atoms with Gasteiger partial charge < -0.3 is 10.1 Å². The van der Waals surface area contributed by atoms with Crippen molar-refractivity contribution >= 4 is 33.5 Å². The summed E-state index contributed by atoms with van der Waals surface area (Å²) in [6.07, 6.45) is 1.26. The Morgan fingerprint density at radius 3 is 2.65 bits per heavy atom. The predicted octanol–water partition coefficient (Wildman–Crippen LogP) is 1.26. The van der Waals surface area contributed by atoms with Gasteiger partial charge in [-0.25, -0.2) is 13.2 Å². The molecule has 1 heterocycles. The average Bonchev–Trinajstić information content (AvgIpc) is 2.85.